The van der Waals surface area contributed by atoms with Crippen molar-refractivity contribution in [1.82, 2.24) is 15.5 Å². The van der Waals surface area contributed by atoms with Gasteiger partial charge in [0.25, 0.3) is 0 Å². The number of amides is 1. The SMILES string of the molecule is CC1CCC(NC(=O)C(C)N2CCNCC2)C1C. The molecule has 0 radical (unpaired) electrons. The van der Waals surface area contributed by atoms with Crippen LogP contribution in [0.5, 0.6) is 0 Å². The van der Waals surface area contributed by atoms with Crippen LogP contribution in [0.2, 0.25) is 0 Å². The Bertz CT molecular complexity index is 289. The predicted molar refractivity (Wildman–Crippen MR) is 73.4 cm³/mol. The number of carbonyl (C=O) groups excluding carboxylic acids is 1. The number of carbonyl (C=O) groups is 1. The van der Waals surface area contributed by atoms with Crippen LogP contribution in [0.15, 0.2) is 0 Å². The molecule has 1 saturated heterocycles. The lowest BCUT2D eigenvalue weighted by molar-refractivity contribution is -0.127. The number of nitrogens with zero attached hydrogens (tertiary/aromatic N) is 1. The van der Waals surface area contributed by atoms with Crippen molar-refractivity contribution >= 4 is 5.91 Å². The van der Waals surface area contributed by atoms with Gasteiger partial charge in [0, 0.05) is 32.2 Å². The first-order valence-corrected chi connectivity index (χ1v) is 7.34. The Balaban J connectivity index is 1.83. The van der Waals surface area contributed by atoms with Gasteiger partial charge < -0.3 is 10.6 Å². The maximum Gasteiger partial charge on any atom is 0.237 e. The highest BCUT2D eigenvalue weighted by atomic mass is 16.2. The van der Waals surface area contributed by atoms with Gasteiger partial charge in [-0.15, -0.1) is 0 Å². The maximum absolute atomic E-state index is 12.3. The molecule has 1 aliphatic carbocycles. The van der Waals surface area contributed by atoms with Crippen LogP contribution in [0.1, 0.15) is 33.6 Å². The smallest absolute Gasteiger partial charge is 0.237 e. The summed E-state index contributed by atoms with van der Waals surface area (Å²) in [7, 11) is 0. The zero-order valence-electron chi connectivity index (χ0n) is 11.9. The molecule has 4 atom stereocenters. The number of hydrogen-bond donors (Lipinski definition) is 2. The molecular formula is C14H27N3O. The molecule has 0 aromatic rings. The summed E-state index contributed by atoms with van der Waals surface area (Å²) in [5, 5.41) is 6.58. The molecule has 1 heterocycles. The second-order valence-electron chi connectivity index (χ2n) is 5.99. The molecule has 4 heteroatoms. The summed E-state index contributed by atoms with van der Waals surface area (Å²) in [5.41, 5.74) is 0. The van der Waals surface area contributed by atoms with Gasteiger partial charge in [-0.2, -0.15) is 0 Å². The van der Waals surface area contributed by atoms with Gasteiger partial charge in [-0.05, 0) is 31.6 Å². The first-order chi connectivity index (χ1) is 8.59. The van der Waals surface area contributed by atoms with Gasteiger partial charge in [-0.1, -0.05) is 13.8 Å². The standard InChI is InChI=1S/C14H27N3O/c1-10-4-5-13(11(10)2)16-14(18)12(3)17-8-6-15-7-9-17/h10-13,15H,4-9H2,1-3H3,(H,16,18). The van der Waals surface area contributed by atoms with E-state index in [1.807, 2.05) is 6.92 Å². The van der Waals surface area contributed by atoms with Gasteiger partial charge in [-0.25, -0.2) is 0 Å². The van der Waals surface area contributed by atoms with E-state index in [2.05, 4.69) is 29.4 Å². The van der Waals surface area contributed by atoms with E-state index < -0.39 is 0 Å². The zero-order valence-corrected chi connectivity index (χ0v) is 11.9. The Hall–Kier alpha value is -0.610. The number of nitrogens with one attached hydrogen (secondary N) is 2. The minimum absolute atomic E-state index is 0.00945. The van der Waals surface area contributed by atoms with Crippen LogP contribution in [0.25, 0.3) is 0 Å². The predicted octanol–water partition coefficient (Wildman–Crippen LogP) is 0.831. The van der Waals surface area contributed by atoms with E-state index in [9.17, 15) is 4.79 Å². The van der Waals surface area contributed by atoms with E-state index in [4.69, 9.17) is 0 Å². The van der Waals surface area contributed by atoms with E-state index in [1.54, 1.807) is 0 Å². The van der Waals surface area contributed by atoms with Crippen LogP contribution >= 0.6 is 0 Å². The van der Waals surface area contributed by atoms with Gasteiger partial charge in [-0.3, -0.25) is 9.69 Å². The molecule has 2 fully saturated rings. The minimum Gasteiger partial charge on any atom is -0.352 e. The lowest BCUT2D eigenvalue weighted by Crippen LogP contribution is -2.54. The molecule has 1 aliphatic heterocycles. The molecule has 4 nitrogen and oxygen atoms in total. The molecule has 0 aromatic carbocycles. The number of rotatable bonds is 3. The number of piperazine rings is 1. The van der Waals surface area contributed by atoms with Crippen molar-refractivity contribution in [3.8, 4) is 0 Å². The van der Waals surface area contributed by atoms with Crippen molar-refractivity contribution in [1.29, 1.82) is 0 Å². The molecule has 104 valence electrons. The average Bonchev–Trinajstić information content (AvgIpc) is 2.71. The van der Waals surface area contributed by atoms with Gasteiger partial charge in [0.15, 0.2) is 0 Å². The zero-order chi connectivity index (χ0) is 13.1. The Morgan fingerprint density at radius 3 is 2.50 bits per heavy atom. The molecule has 2 N–H and O–H groups in total. The topological polar surface area (TPSA) is 44.4 Å². The van der Waals surface area contributed by atoms with Gasteiger partial charge in [0.05, 0.1) is 6.04 Å². The molecule has 1 amide bonds. The largest absolute Gasteiger partial charge is 0.352 e. The van der Waals surface area contributed by atoms with Crippen LogP contribution in [0, 0.1) is 11.8 Å². The highest BCUT2D eigenvalue weighted by Crippen LogP contribution is 2.31. The molecule has 0 aromatic heterocycles. The third kappa shape index (κ3) is 3.04. The third-order valence-electron chi connectivity index (χ3n) is 4.87. The molecule has 1 saturated carbocycles. The maximum atomic E-state index is 12.3. The Morgan fingerprint density at radius 1 is 1.28 bits per heavy atom. The highest BCUT2D eigenvalue weighted by Gasteiger charge is 2.32. The van der Waals surface area contributed by atoms with E-state index in [1.165, 1.54) is 6.42 Å². The monoisotopic (exact) mass is 253 g/mol. The van der Waals surface area contributed by atoms with Crippen LogP contribution in [0.3, 0.4) is 0 Å². The molecule has 0 bridgehead atoms. The summed E-state index contributed by atoms with van der Waals surface area (Å²) in [6, 6.07) is 0.396. The first-order valence-electron chi connectivity index (χ1n) is 7.34. The fourth-order valence-corrected chi connectivity index (χ4v) is 3.11. The van der Waals surface area contributed by atoms with Gasteiger partial charge >= 0.3 is 0 Å². The van der Waals surface area contributed by atoms with Crippen LogP contribution < -0.4 is 10.6 Å². The Morgan fingerprint density at radius 2 is 1.94 bits per heavy atom. The molecule has 18 heavy (non-hydrogen) atoms. The van der Waals surface area contributed by atoms with Crippen LogP contribution in [-0.2, 0) is 4.79 Å². The summed E-state index contributed by atoms with van der Waals surface area (Å²) in [6.45, 7) is 10.5. The van der Waals surface area contributed by atoms with Gasteiger partial charge in [0.1, 0.15) is 0 Å². The first kappa shape index (κ1) is 13.8. The number of hydrogen-bond acceptors (Lipinski definition) is 3. The van der Waals surface area contributed by atoms with Crippen molar-refractivity contribution in [3.63, 3.8) is 0 Å². The van der Waals surface area contributed by atoms with E-state index in [0.717, 1.165) is 38.5 Å². The fraction of sp³-hybridized carbons (Fsp3) is 0.929. The lowest BCUT2D eigenvalue weighted by Gasteiger charge is -2.33. The summed E-state index contributed by atoms with van der Waals surface area (Å²) in [4.78, 5) is 14.6. The van der Waals surface area contributed by atoms with Crippen LogP contribution in [-0.4, -0.2) is 49.1 Å². The average molecular weight is 253 g/mol. The summed E-state index contributed by atoms with van der Waals surface area (Å²) in [5.74, 6) is 1.57. The van der Waals surface area contributed by atoms with E-state index >= 15 is 0 Å². The van der Waals surface area contributed by atoms with Crippen molar-refractivity contribution < 1.29 is 4.79 Å². The second-order valence-corrected chi connectivity index (χ2v) is 5.99. The molecule has 2 rings (SSSR count). The minimum atomic E-state index is 0.00945. The fourth-order valence-electron chi connectivity index (χ4n) is 3.11. The van der Waals surface area contributed by atoms with Gasteiger partial charge in [0.2, 0.25) is 5.91 Å². The molecule has 4 unspecified atom stereocenters. The normalized spacial score (nSPS) is 35.4. The summed E-state index contributed by atoms with van der Waals surface area (Å²) >= 11 is 0. The van der Waals surface area contributed by atoms with Crippen LogP contribution in [0.4, 0.5) is 0 Å². The third-order valence-corrected chi connectivity index (χ3v) is 4.87. The van der Waals surface area contributed by atoms with Crippen molar-refractivity contribution in [3.05, 3.63) is 0 Å². The van der Waals surface area contributed by atoms with Crippen molar-refractivity contribution in [2.45, 2.75) is 45.7 Å². The van der Waals surface area contributed by atoms with E-state index in [0.29, 0.717) is 12.0 Å². The Labute approximate surface area is 110 Å². The Kier molecular flexibility index (Phi) is 4.62. The second kappa shape index (κ2) is 6.02. The summed E-state index contributed by atoms with van der Waals surface area (Å²) < 4.78 is 0. The van der Waals surface area contributed by atoms with E-state index in [-0.39, 0.29) is 11.9 Å². The molecule has 2 aliphatic rings. The lowest BCUT2D eigenvalue weighted by atomic mass is 9.97. The summed E-state index contributed by atoms with van der Waals surface area (Å²) in [6.07, 6.45) is 2.39. The molecular weight excluding hydrogens is 226 g/mol. The van der Waals surface area contributed by atoms with Crippen molar-refractivity contribution in [2.24, 2.45) is 11.8 Å². The van der Waals surface area contributed by atoms with Crippen molar-refractivity contribution in [2.75, 3.05) is 26.2 Å². The quantitative estimate of drug-likeness (QED) is 0.783. The molecule has 0 spiro atoms. The highest BCUT2D eigenvalue weighted by molar-refractivity contribution is 5.81.